The average molecular weight is 424 g/mol. The third-order valence-electron chi connectivity index (χ3n) is 4.89. The van der Waals surface area contributed by atoms with Crippen LogP contribution in [-0.4, -0.2) is 43.1 Å². The number of allylic oxidation sites excluding steroid dienone is 1. The van der Waals surface area contributed by atoms with Crippen LogP contribution < -0.4 is 15.4 Å². The van der Waals surface area contributed by atoms with Gasteiger partial charge in [-0.15, -0.1) is 0 Å². The van der Waals surface area contributed by atoms with Gasteiger partial charge in [-0.1, -0.05) is 0 Å². The van der Waals surface area contributed by atoms with Crippen molar-refractivity contribution in [2.24, 2.45) is 5.41 Å². The van der Waals surface area contributed by atoms with Gasteiger partial charge in [0.25, 0.3) is 0 Å². The van der Waals surface area contributed by atoms with Crippen LogP contribution in [0.4, 0.5) is 10.3 Å². The summed E-state index contributed by atoms with van der Waals surface area (Å²) < 4.78 is 25.1. The minimum absolute atomic E-state index is 0.117. The fourth-order valence-electron chi connectivity index (χ4n) is 2.80. The molecule has 1 aromatic heterocycles. The number of hydrogen-bond donors (Lipinski definition) is 3. The van der Waals surface area contributed by atoms with E-state index >= 15 is 0 Å². The van der Waals surface area contributed by atoms with E-state index in [9.17, 15) is 4.39 Å². The molecular formula is C22H25FN6O2. The standard InChI is InChI=1S/C22H25FN6O2/c1-15-11-27-21(28-17(10-24)12-26-7-8-30-2)29-20(15)16-3-4-19(18(23)9-16)31-14-22(13-25)5-6-22/h3-4,9-12,24,26H,5-8,14H2,1-2H3,(H,27,28,29)/b17-12+,24-10?. The second-order valence-electron chi connectivity index (χ2n) is 7.37. The third kappa shape index (κ3) is 5.77. The van der Waals surface area contributed by atoms with Crippen molar-refractivity contribution in [2.75, 3.05) is 32.2 Å². The van der Waals surface area contributed by atoms with Crippen molar-refractivity contribution >= 4 is 12.2 Å². The SMILES string of the molecule is COCCN/C=C(\C=N)Nc1ncc(C)c(-c2ccc(OCC3(C#N)CC3)c(F)c2)n1. The van der Waals surface area contributed by atoms with E-state index in [4.69, 9.17) is 20.1 Å². The largest absolute Gasteiger partial charge is 0.489 e. The lowest BCUT2D eigenvalue weighted by atomic mass is 10.1. The van der Waals surface area contributed by atoms with Crippen molar-refractivity contribution in [3.05, 3.63) is 47.7 Å². The van der Waals surface area contributed by atoms with Crippen molar-refractivity contribution in [2.45, 2.75) is 19.8 Å². The Morgan fingerprint density at radius 1 is 1.42 bits per heavy atom. The summed E-state index contributed by atoms with van der Waals surface area (Å²) in [5, 5.41) is 22.7. The molecule has 0 bridgehead atoms. The van der Waals surface area contributed by atoms with E-state index in [0.29, 0.717) is 30.1 Å². The number of nitrogens with one attached hydrogen (secondary N) is 3. The molecule has 1 aromatic carbocycles. The first-order valence-corrected chi connectivity index (χ1v) is 9.88. The van der Waals surface area contributed by atoms with Crippen LogP contribution in [0, 0.1) is 34.9 Å². The van der Waals surface area contributed by atoms with Crippen LogP contribution in [0.15, 0.2) is 36.3 Å². The Balaban J connectivity index is 1.74. The lowest BCUT2D eigenvalue weighted by Gasteiger charge is -2.12. The van der Waals surface area contributed by atoms with Crippen LogP contribution in [0.1, 0.15) is 18.4 Å². The molecule has 8 nitrogen and oxygen atoms in total. The molecule has 1 heterocycles. The highest BCUT2D eigenvalue weighted by atomic mass is 19.1. The van der Waals surface area contributed by atoms with Gasteiger partial charge in [-0.05, 0) is 43.5 Å². The number of nitrogens with zero attached hydrogens (tertiary/aromatic N) is 3. The zero-order valence-electron chi connectivity index (χ0n) is 17.5. The summed E-state index contributed by atoms with van der Waals surface area (Å²) in [4.78, 5) is 8.73. The second kappa shape index (κ2) is 10.00. The topological polar surface area (TPSA) is 116 Å². The van der Waals surface area contributed by atoms with Gasteiger partial charge in [0, 0.05) is 37.8 Å². The monoisotopic (exact) mass is 424 g/mol. The van der Waals surface area contributed by atoms with Crippen molar-refractivity contribution in [1.82, 2.24) is 15.3 Å². The molecule has 0 unspecified atom stereocenters. The van der Waals surface area contributed by atoms with E-state index in [0.717, 1.165) is 24.6 Å². The summed E-state index contributed by atoms with van der Waals surface area (Å²) in [6.07, 6.45) is 5.98. The molecule has 162 valence electrons. The van der Waals surface area contributed by atoms with Crippen molar-refractivity contribution in [3.63, 3.8) is 0 Å². The second-order valence-corrected chi connectivity index (χ2v) is 7.37. The zero-order valence-corrected chi connectivity index (χ0v) is 17.5. The predicted molar refractivity (Wildman–Crippen MR) is 115 cm³/mol. The van der Waals surface area contributed by atoms with Crippen LogP contribution in [0.5, 0.6) is 5.75 Å². The maximum Gasteiger partial charge on any atom is 0.227 e. The summed E-state index contributed by atoms with van der Waals surface area (Å²) in [7, 11) is 1.61. The highest BCUT2D eigenvalue weighted by Gasteiger charge is 2.44. The average Bonchev–Trinajstić information content (AvgIpc) is 3.56. The molecule has 1 aliphatic carbocycles. The summed E-state index contributed by atoms with van der Waals surface area (Å²) >= 11 is 0. The minimum Gasteiger partial charge on any atom is -0.489 e. The molecule has 9 heteroatoms. The van der Waals surface area contributed by atoms with Gasteiger partial charge < -0.3 is 25.5 Å². The van der Waals surface area contributed by atoms with E-state index in [1.165, 1.54) is 6.07 Å². The number of ether oxygens (including phenoxy) is 2. The van der Waals surface area contributed by atoms with Crippen molar-refractivity contribution in [3.8, 4) is 23.1 Å². The van der Waals surface area contributed by atoms with Gasteiger partial charge in [-0.3, -0.25) is 0 Å². The van der Waals surface area contributed by atoms with Gasteiger partial charge >= 0.3 is 0 Å². The Labute approximate surface area is 180 Å². The predicted octanol–water partition coefficient (Wildman–Crippen LogP) is 3.41. The number of nitriles is 1. The van der Waals surface area contributed by atoms with Gasteiger partial charge in [0.15, 0.2) is 11.6 Å². The van der Waals surface area contributed by atoms with Gasteiger partial charge in [0.05, 0.1) is 29.5 Å². The van der Waals surface area contributed by atoms with Crippen LogP contribution in [0.2, 0.25) is 0 Å². The smallest absolute Gasteiger partial charge is 0.227 e. The summed E-state index contributed by atoms with van der Waals surface area (Å²) in [5.41, 5.74) is 1.92. The molecule has 3 N–H and O–H groups in total. The number of halogens is 1. The fourth-order valence-corrected chi connectivity index (χ4v) is 2.80. The lowest BCUT2D eigenvalue weighted by molar-refractivity contribution is 0.203. The molecule has 0 saturated heterocycles. The van der Waals surface area contributed by atoms with E-state index in [1.807, 2.05) is 6.92 Å². The molecule has 0 amide bonds. The van der Waals surface area contributed by atoms with Gasteiger partial charge in [-0.2, -0.15) is 5.26 Å². The maximum atomic E-state index is 14.6. The lowest BCUT2D eigenvalue weighted by Crippen LogP contribution is -2.16. The molecule has 2 aromatic rings. The summed E-state index contributed by atoms with van der Waals surface area (Å²) in [5.74, 6) is -0.109. The quantitative estimate of drug-likeness (QED) is 0.374. The first kappa shape index (κ1) is 22.2. The number of methoxy groups -OCH3 is 1. The Hall–Kier alpha value is -3.51. The van der Waals surface area contributed by atoms with Crippen LogP contribution in [0.3, 0.4) is 0 Å². The molecule has 1 saturated carbocycles. The van der Waals surface area contributed by atoms with Crippen LogP contribution in [0.25, 0.3) is 11.3 Å². The Morgan fingerprint density at radius 2 is 2.23 bits per heavy atom. The van der Waals surface area contributed by atoms with Gasteiger partial charge in [0.1, 0.15) is 6.61 Å². The maximum absolute atomic E-state index is 14.6. The first-order valence-electron chi connectivity index (χ1n) is 9.88. The molecule has 0 radical (unpaired) electrons. The molecule has 1 aliphatic rings. The molecule has 3 rings (SSSR count). The van der Waals surface area contributed by atoms with Gasteiger partial charge in [0.2, 0.25) is 5.95 Å². The fraction of sp³-hybridized carbons (Fsp3) is 0.364. The normalized spacial score (nSPS) is 14.5. The summed E-state index contributed by atoms with van der Waals surface area (Å²) in [6, 6.07) is 6.87. The van der Waals surface area contributed by atoms with Gasteiger partial charge in [-0.25, -0.2) is 14.4 Å². The van der Waals surface area contributed by atoms with Crippen LogP contribution >= 0.6 is 0 Å². The number of aryl methyl sites for hydroxylation is 1. The highest BCUT2D eigenvalue weighted by Crippen LogP contribution is 2.45. The molecule has 31 heavy (non-hydrogen) atoms. The van der Waals surface area contributed by atoms with Crippen molar-refractivity contribution < 1.29 is 13.9 Å². The number of anilines is 1. The van der Waals surface area contributed by atoms with E-state index < -0.39 is 11.2 Å². The highest BCUT2D eigenvalue weighted by molar-refractivity contribution is 5.79. The third-order valence-corrected chi connectivity index (χ3v) is 4.89. The minimum atomic E-state index is -0.513. The molecule has 0 atom stereocenters. The molecule has 1 fully saturated rings. The van der Waals surface area contributed by atoms with E-state index in [2.05, 4.69) is 26.7 Å². The number of hydrogen-bond acceptors (Lipinski definition) is 8. The Morgan fingerprint density at radius 3 is 2.87 bits per heavy atom. The summed E-state index contributed by atoms with van der Waals surface area (Å²) in [6.45, 7) is 3.16. The van der Waals surface area contributed by atoms with E-state index in [-0.39, 0.29) is 18.3 Å². The van der Waals surface area contributed by atoms with E-state index in [1.54, 1.807) is 31.6 Å². The zero-order chi connectivity index (χ0) is 22.3. The Kier molecular flexibility index (Phi) is 7.15. The molecule has 0 aliphatic heterocycles. The number of aromatic nitrogens is 2. The number of benzene rings is 1. The van der Waals surface area contributed by atoms with Crippen LogP contribution in [-0.2, 0) is 4.74 Å². The number of rotatable bonds is 11. The van der Waals surface area contributed by atoms with Crippen molar-refractivity contribution in [1.29, 1.82) is 10.7 Å². The molecule has 0 spiro atoms. The first-order chi connectivity index (χ1) is 15.0. The Bertz CT molecular complexity index is 1010. The molecular weight excluding hydrogens is 399 g/mol.